The third-order valence-corrected chi connectivity index (χ3v) is 4.41. The lowest BCUT2D eigenvalue weighted by atomic mass is 9.90. The second-order valence-electron chi connectivity index (χ2n) is 5.39. The first kappa shape index (κ1) is 13.6. The Kier molecular flexibility index (Phi) is 4.40. The van der Waals surface area contributed by atoms with E-state index in [-0.39, 0.29) is 0 Å². The largest absolute Gasteiger partial charge is 0.309 e. The van der Waals surface area contributed by atoms with Crippen molar-refractivity contribution in [1.82, 2.24) is 20.0 Å². The minimum atomic E-state index is 0.338. The number of aryl methyl sites for hydroxylation is 1. The highest BCUT2D eigenvalue weighted by Gasteiger charge is 2.31. The third-order valence-electron chi connectivity index (χ3n) is 4.41. The summed E-state index contributed by atoms with van der Waals surface area (Å²) in [4.78, 5) is 2.59. The van der Waals surface area contributed by atoms with Gasteiger partial charge in [-0.1, -0.05) is 13.8 Å². The molecule has 0 bridgehead atoms. The SMILES string of the molecule is CCC1(CC)CN(CCc2ccnn2C)CCN1. The average Bonchev–Trinajstić information content (AvgIpc) is 2.82. The standard InChI is InChI=1S/C14H26N4/c1-4-14(5-2)12-18(11-9-15-14)10-7-13-6-8-16-17(13)3/h6,8,15H,4-5,7,9-12H2,1-3H3. The van der Waals surface area contributed by atoms with Crippen molar-refractivity contribution in [1.29, 1.82) is 0 Å². The van der Waals surface area contributed by atoms with Crippen LogP contribution >= 0.6 is 0 Å². The zero-order valence-corrected chi connectivity index (χ0v) is 11.9. The van der Waals surface area contributed by atoms with Crippen LogP contribution in [-0.4, -0.2) is 46.4 Å². The molecule has 1 saturated heterocycles. The fraction of sp³-hybridized carbons (Fsp3) is 0.786. The van der Waals surface area contributed by atoms with Crippen molar-refractivity contribution < 1.29 is 0 Å². The normalized spacial score (nSPS) is 20.2. The highest BCUT2D eigenvalue weighted by Crippen LogP contribution is 2.20. The summed E-state index contributed by atoms with van der Waals surface area (Å²) in [6.07, 6.45) is 5.41. The second kappa shape index (κ2) is 5.85. The summed E-state index contributed by atoms with van der Waals surface area (Å²) in [5.74, 6) is 0. The third kappa shape index (κ3) is 2.93. The summed E-state index contributed by atoms with van der Waals surface area (Å²) >= 11 is 0. The highest BCUT2D eigenvalue weighted by atomic mass is 15.3. The maximum Gasteiger partial charge on any atom is 0.0492 e. The van der Waals surface area contributed by atoms with Gasteiger partial charge in [-0.2, -0.15) is 5.10 Å². The maximum absolute atomic E-state index is 4.23. The van der Waals surface area contributed by atoms with Crippen molar-refractivity contribution in [3.05, 3.63) is 18.0 Å². The first-order chi connectivity index (χ1) is 8.69. The van der Waals surface area contributed by atoms with E-state index in [9.17, 15) is 0 Å². The van der Waals surface area contributed by atoms with Gasteiger partial charge in [-0.15, -0.1) is 0 Å². The molecule has 1 aromatic rings. The van der Waals surface area contributed by atoms with E-state index < -0.39 is 0 Å². The van der Waals surface area contributed by atoms with Gasteiger partial charge in [0.15, 0.2) is 0 Å². The molecule has 0 amide bonds. The topological polar surface area (TPSA) is 33.1 Å². The molecule has 0 spiro atoms. The van der Waals surface area contributed by atoms with Crippen molar-refractivity contribution in [3.8, 4) is 0 Å². The first-order valence-corrected chi connectivity index (χ1v) is 7.13. The van der Waals surface area contributed by atoms with E-state index in [1.54, 1.807) is 0 Å². The Labute approximate surface area is 110 Å². The highest BCUT2D eigenvalue weighted by molar-refractivity contribution is 5.01. The van der Waals surface area contributed by atoms with Crippen LogP contribution in [0.3, 0.4) is 0 Å². The lowest BCUT2D eigenvalue weighted by Crippen LogP contribution is -2.60. The Balaban J connectivity index is 1.88. The van der Waals surface area contributed by atoms with Crippen LogP contribution in [0.15, 0.2) is 12.3 Å². The molecule has 0 unspecified atom stereocenters. The van der Waals surface area contributed by atoms with Crippen molar-refractivity contribution in [2.75, 3.05) is 26.2 Å². The first-order valence-electron chi connectivity index (χ1n) is 7.13. The van der Waals surface area contributed by atoms with E-state index in [1.807, 2.05) is 17.9 Å². The van der Waals surface area contributed by atoms with Crippen LogP contribution in [0.4, 0.5) is 0 Å². The molecule has 0 saturated carbocycles. The molecule has 0 radical (unpaired) electrons. The Morgan fingerprint density at radius 3 is 2.78 bits per heavy atom. The fourth-order valence-electron chi connectivity index (χ4n) is 2.88. The number of rotatable bonds is 5. The average molecular weight is 250 g/mol. The Morgan fingerprint density at radius 1 is 1.39 bits per heavy atom. The number of nitrogens with one attached hydrogen (secondary N) is 1. The molecule has 102 valence electrons. The van der Waals surface area contributed by atoms with Crippen LogP contribution in [0.1, 0.15) is 32.4 Å². The van der Waals surface area contributed by atoms with Gasteiger partial charge >= 0.3 is 0 Å². The maximum atomic E-state index is 4.23. The van der Waals surface area contributed by atoms with Gasteiger partial charge in [-0.25, -0.2) is 0 Å². The van der Waals surface area contributed by atoms with Gasteiger partial charge in [0, 0.05) is 57.1 Å². The van der Waals surface area contributed by atoms with Gasteiger partial charge in [0.2, 0.25) is 0 Å². The number of piperazine rings is 1. The van der Waals surface area contributed by atoms with Gasteiger partial charge in [0.25, 0.3) is 0 Å². The van der Waals surface area contributed by atoms with Crippen molar-refractivity contribution in [3.63, 3.8) is 0 Å². The molecule has 1 N–H and O–H groups in total. The monoisotopic (exact) mass is 250 g/mol. The zero-order chi connectivity index (χ0) is 13.0. The van der Waals surface area contributed by atoms with E-state index in [2.05, 4.69) is 35.2 Å². The van der Waals surface area contributed by atoms with Crippen LogP contribution in [0.5, 0.6) is 0 Å². The van der Waals surface area contributed by atoms with Crippen LogP contribution in [-0.2, 0) is 13.5 Å². The van der Waals surface area contributed by atoms with E-state index in [0.717, 1.165) is 19.5 Å². The number of nitrogens with zero attached hydrogens (tertiary/aromatic N) is 3. The molecule has 2 heterocycles. The van der Waals surface area contributed by atoms with E-state index in [0.29, 0.717) is 5.54 Å². The summed E-state index contributed by atoms with van der Waals surface area (Å²) in [7, 11) is 2.02. The quantitative estimate of drug-likeness (QED) is 0.858. The molecule has 4 nitrogen and oxygen atoms in total. The van der Waals surface area contributed by atoms with Gasteiger partial charge in [-0.05, 0) is 18.9 Å². The van der Waals surface area contributed by atoms with E-state index >= 15 is 0 Å². The molecule has 2 rings (SSSR count). The van der Waals surface area contributed by atoms with Gasteiger partial charge < -0.3 is 5.32 Å². The molecule has 1 aromatic heterocycles. The van der Waals surface area contributed by atoms with Crippen LogP contribution in [0.2, 0.25) is 0 Å². The molecule has 4 heteroatoms. The number of hydrogen-bond acceptors (Lipinski definition) is 3. The smallest absolute Gasteiger partial charge is 0.0492 e. The van der Waals surface area contributed by atoms with Crippen molar-refractivity contribution in [2.24, 2.45) is 7.05 Å². The Hall–Kier alpha value is -0.870. The van der Waals surface area contributed by atoms with Gasteiger partial charge in [0.1, 0.15) is 0 Å². The summed E-state index contributed by atoms with van der Waals surface area (Å²) in [5.41, 5.74) is 1.66. The number of aromatic nitrogens is 2. The molecule has 0 aliphatic carbocycles. The molecule has 18 heavy (non-hydrogen) atoms. The van der Waals surface area contributed by atoms with E-state index in [4.69, 9.17) is 0 Å². The van der Waals surface area contributed by atoms with Crippen molar-refractivity contribution in [2.45, 2.75) is 38.6 Å². The van der Waals surface area contributed by atoms with Crippen LogP contribution in [0.25, 0.3) is 0 Å². The van der Waals surface area contributed by atoms with Gasteiger partial charge in [-0.3, -0.25) is 9.58 Å². The van der Waals surface area contributed by atoms with Crippen LogP contribution < -0.4 is 5.32 Å². The lowest BCUT2D eigenvalue weighted by Gasteiger charge is -2.43. The van der Waals surface area contributed by atoms with Gasteiger partial charge in [0.05, 0.1) is 0 Å². The van der Waals surface area contributed by atoms with Crippen molar-refractivity contribution >= 4 is 0 Å². The fourth-order valence-corrected chi connectivity index (χ4v) is 2.88. The predicted octanol–water partition coefficient (Wildman–Crippen LogP) is 1.43. The molecular formula is C14H26N4. The summed E-state index contributed by atoms with van der Waals surface area (Å²) in [6, 6.07) is 2.12. The van der Waals surface area contributed by atoms with E-state index in [1.165, 1.54) is 31.6 Å². The minimum Gasteiger partial charge on any atom is -0.309 e. The molecule has 1 aliphatic rings. The summed E-state index contributed by atoms with van der Waals surface area (Å²) in [5, 5.41) is 7.93. The number of hydrogen-bond donors (Lipinski definition) is 1. The second-order valence-corrected chi connectivity index (χ2v) is 5.39. The minimum absolute atomic E-state index is 0.338. The van der Waals surface area contributed by atoms with Crippen LogP contribution in [0, 0.1) is 0 Å². The molecule has 0 aromatic carbocycles. The predicted molar refractivity (Wildman–Crippen MR) is 74.7 cm³/mol. The molecule has 1 fully saturated rings. The summed E-state index contributed by atoms with van der Waals surface area (Å²) in [6.45, 7) is 9.19. The Morgan fingerprint density at radius 2 is 2.17 bits per heavy atom. The molecule has 0 atom stereocenters. The molecule has 1 aliphatic heterocycles. The Bertz CT molecular complexity index is 368. The summed E-state index contributed by atoms with van der Waals surface area (Å²) < 4.78 is 1.98. The lowest BCUT2D eigenvalue weighted by molar-refractivity contribution is 0.124. The molecular weight excluding hydrogens is 224 g/mol. The zero-order valence-electron chi connectivity index (χ0n) is 11.9.